The van der Waals surface area contributed by atoms with Crippen molar-refractivity contribution in [1.82, 2.24) is 24.7 Å². The van der Waals surface area contributed by atoms with Gasteiger partial charge in [-0.25, -0.2) is 4.68 Å². The summed E-state index contributed by atoms with van der Waals surface area (Å²) in [5, 5.41) is 8.48. The lowest BCUT2D eigenvalue weighted by atomic mass is 10.1. The highest BCUT2D eigenvalue weighted by Gasteiger charge is 2.12. The zero-order chi connectivity index (χ0) is 20.3. The number of aryl methyl sites for hydroxylation is 2. The highest BCUT2D eigenvalue weighted by atomic mass is 32.1. The summed E-state index contributed by atoms with van der Waals surface area (Å²) >= 11 is 5.59. The molecule has 7 nitrogen and oxygen atoms in total. The lowest BCUT2D eigenvalue weighted by Gasteiger charge is -2.18. The molecular formula is C20H25N5O2S. The minimum absolute atomic E-state index is 0.513. The number of aromatic nitrogens is 4. The van der Waals surface area contributed by atoms with Crippen molar-refractivity contribution in [2.75, 3.05) is 21.3 Å². The number of hydrogen-bond acceptors (Lipinski definition) is 6. The Morgan fingerprint density at radius 3 is 2.36 bits per heavy atom. The van der Waals surface area contributed by atoms with E-state index in [-0.39, 0.29) is 0 Å². The fraction of sp³-hybridized carbons (Fsp3) is 0.350. The van der Waals surface area contributed by atoms with Crippen LogP contribution in [0.3, 0.4) is 0 Å². The third kappa shape index (κ3) is 4.40. The Hall–Kier alpha value is -2.71. The number of benzene rings is 2. The zero-order valence-corrected chi connectivity index (χ0v) is 17.7. The number of methoxy groups -OCH3 is 2. The average molecular weight is 400 g/mol. The van der Waals surface area contributed by atoms with E-state index in [1.807, 2.05) is 37.4 Å². The first kappa shape index (κ1) is 20.0. The summed E-state index contributed by atoms with van der Waals surface area (Å²) in [7, 11) is 5.30. The van der Waals surface area contributed by atoms with E-state index in [0.29, 0.717) is 18.0 Å². The normalized spacial score (nSPS) is 11.1. The van der Waals surface area contributed by atoms with Gasteiger partial charge in [-0.2, -0.15) is 4.68 Å². The number of tetrazole rings is 1. The van der Waals surface area contributed by atoms with Crippen LogP contribution in [0.25, 0.3) is 5.69 Å². The van der Waals surface area contributed by atoms with Gasteiger partial charge < -0.3 is 9.47 Å². The summed E-state index contributed by atoms with van der Waals surface area (Å²) < 4.78 is 14.7. The molecule has 1 heterocycles. The van der Waals surface area contributed by atoms with Crippen molar-refractivity contribution in [3.05, 3.63) is 57.9 Å². The van der Waals surface area contributed by atoms with Gasteiger partial charge in [-0.05, 0) is 72.9 Å². The molecule has 0 aliphatic carbocycles. The van der Waals surface area contributed by atoms with E-state index in [4.69, 9.17) is 21.7 Å². The van der Waals surface area contributed by atoms with Crippen molar-refractivity contribution in [3.8, 4) is 17.2 Å². The standard InChI is InChI=1S/C20H25N5O2S/c1-14-8-15(2)10-17(9-14)25-20(28)24(21-22-25)13-23(3)12-16-6-7-18(26-4)11-19(16)27-5/h6-11H,12-13H2,1-5H3. The van der Waals surface area contributed by atoms with Gasteiger partial charge in [-0.1, -0.05) is 12.1 Å². The maximum absolute atomic E-state index is 5.59. The minimum atomic E-state index is 0.513. The molecule has 3 aromatic rings. The van der Waals surface area contributed by atoms with E-state index in [1.54, 1.807) is 23.6 Å². The van der Waals surface area contributed by atoms with Crippen LogP contribution in [0.15, 0.2) is 36.4 Å². The third-order valence-corrected chi connectivity index (χ3v) is 4.78. The van der Waals surface area contributed by atoms with Crippen LogP contribution in [0.5, 0.6) is 11.5 Å². The Bertz CT molecular complexity index is 1010. The van der Waals surface area contributed by atoms with Gasteiger partial charge in [-0.3, -0.25) is 4.90 Å². The van der Waals surface area contributed by atoms with E-state index in [0.717, 1.165) is 33.9 Å². The fourth-order valence-corrected chi connectivity index (χ4v) is 3.39. The maximum atomic E-state index is 5.59. The van der Waals surface area contributed by atoms with E-state index < -0.39 is 0 Å². The lowest BCUT2D eigenvalue weighted by molar-refractivity contribution is 0.238. The smallest absolute Gasteiger partial charge is 0.221 e. The van der Waals surface area contributed by atoms with Crippen molar-refractivity contribution < 1.29 is 9.47 Å². The molecule has 0 atom stereocenters. The summed E-state index contributed by atoms with van der Waals surface area (Å²) in [6.45, 7) is 5.30. The van der Waals surface area contributed by atoms with Crippen LogP contribution in [0, 0.1) is 18.6 Å². The van der Waals surface area contributed by atoms with E-state index in [1.165, 1.54) is 0 Å². The summed E-state index contributed by atoms with van der Waals surface area (Å²) in [6, 6.07) is 12.0. The van der Waals surface area contributed by atoms with Crippen molar-refractivity contribution in [2.45, 2.75) is 27.1 Å². The highest BCUT2D eigenvalue weighted by molar-refractivity contribution is 7.71. The largest absolute Gasteiger partial charge is 0.497 e. The monoisotopic (exact) mass is 399 g/mol. The second-order valence-electron chi connectivity index (χ2n) is 6.85. The third-order valence-electron chi connectivity index (χ3n) is 4.40. The highest BCUT2D eigenvalue weighted by Crippen LogP contribution is 2.25. The maximum Gasteiger partial charge on any atom is 0.221 e. The second kappa shape index (κ2) is 8.53. The molecule has 3 rings (SSSR count). The average Bonchev–Trinajstić information content (AvgIpc) is 3.01. The van der Waals surface area contributed by atoms with Gasteiger partial charge in [0.15, 0.2) is 0 Å². The molecule has 0 aliphatic heterocycles. The number of rotatable bonds is 7. The van der Waals surface area contributed by atoms with E-state index in [2.05, 4.69) is 35.2 Å². The number of ether oxygens (including phenoxy) is 2. The SMILES string of the molecule is COc1ccc(CN(C)Cn2nnn(-c3cc(C)cc(C)c3)c2=S)c(OC)c1. The van der Waals surface area contributed by atoms with Gasteiger partial charge in [0, 0.05) is 18.2 Å². The summed E-state index contributed by atoms with van der Waals surface area (Å²) in [6.07, 6.45) is 0. The topological polar surface area (TPSA) is 57.3 Å². The molecule has 0 N–H and O–H groups in total. The second-order valence-corrected chi connectivity index (χ2v) is 7.22. The van der Waals surface area contributed by atoms with Gasteiger partial charge in [0.25, 0.3) is 0 Å². The van der Waals surface area contributed by atoms with Crippen LogP contribution in [-0.4, -0.2) is 46.0 Å². The molecule has 148 valence electrons. The Morgan fingerprint density at radius 1 is 1.00 bits per heavy atom. The van der Waals surface area contributed by atoms with E-state index >= 15 is 0 Å². The molecule has 0 saturated carbocycles. The molecule has 28 heavy (non-hydrogen) atoms. The molecule has 0 bridgehead atoms. The number of nitrogens with zero attached hydrogens (tertiary/aromatic N) is 5. The Kier molecular flexibility index (Phi) is 6.11. The molecule has 0 aliphatic rings. The first-order chi connectivity index (χ1) is 13.4. The summed E-state index contributed by atoms with van der Waals surface area (Å²) in [5.41, 5.74) is 4.30. The van der Waals surface area contributed by atoms with Crippen LogP contribution in [0.4, 0.5) is 0 Å². The van der Waals surface area contributed by atoms with Gasteiger partial charge in [0.2, 0.25) is 4.77 Å². The van der Waals surface area contributed by atoms with Crippen LogP contribution < -0.4 is 9.47 Å². The molecule has 1 aromatic heterocycles. The minimum Gasteiger partial charge on any atom is -0.497 e. The van der Waals surface area contributed by atoms with Crippen molar-refractivity contribution in [1.29, 1.82) is 0 Å². The van der Waals surface area contributed by atoms with Crippen LogP contribution in [-0.2, 0) is 13.2 Å². The Balaban J connectivity index is 1.78. The van der Waals surface area contributed by atoms with E-state index in [9.17, 15) is 0 Å². The number of hydrogen-bond donors (Lipinski definition) is 0. The first-order valence-corrected chi connectivity index (χ1v) is 9.33. The lowest BCUT2D eigenvalue weighted by Crippen LogP contribution is -2.23. The van der Waals surface area contributed by atoms with Crippen molar-refractivity contribution >= 4 is 12.2 Å². The molecule has 0 saturated heterocycles. The Morgan fingerprint density at radius 2 is 1.71 bits per heavy atom. The van der Waals surface area contributed by atoms with Gasteiger partial charge >= 0.3 is 0 Å². The molecular weight excluding hydrogens is 374 g/mol. The molecule has 0 radical (unpaired) electrons. The molecule has 0 unspecified atom stereocenters. The summed E-state index contributed by atoms with van der Waals surface area (Å²) in [5.74, 6) is 1.55. The van der Waals surface area contributed by atoms with Crippen LogP contribution in [0.1, 0.15) is 16.7 Å². The van der Waals surface area contributed by atoms with Gasteiger partial charge in [-0.15, -0.1) is 0 Å². The molecule has 2 aromatic carbocycles. The summed E-state index contributed by atoms with van der Waals surface area (Å²) in [4.78, 5) is 2.10. The quantitative estimate of drug-likeness (QED) is 0.567. The van der Waals surface area contributed by atoms with Gasteiger partial charge in [0.05, 0.1) is 26.6 Å². The van der Waals surface area contributed by atoms with Crippen LogP contribution in [0.2, 0.25) is 0 Å². The predicted octanol–water partition coefficient (Wildman–Crippen LogP) is 3.52. The molecule has 8 heteroatoms. The predicted molar refractivity (Wildman–Crippen MR) is 111 cm³/mol. The van der Waals surface area contributed by atoms with Gasteiger partial charge in [0.1, 0.15) is 11.5 Å². The molecule has 0 fully saturated rings. The van der Waals surface area contributed by atoms with Crippen LogP contribution >= 0.6 is 12.2 Å². The zero-order valence-electron chi connectivity index (χ0n) is 16.8. The van der Waals surface area contributed by atoms with Crippen molar-refractivity contribution in [2.24, 2.45) is 0 Å². The molecule has 0 amide bonds. The molecule has 0 spiro atoms. The Labute approximate surface area is 170 Å². The first-order valence-electron chi connectivity index (χ1n) is 8.92. The van der Waals surface area contributed by atoms with Crippen molar-refractivity contribution in [3.63, 3.8) is 0 Å². The fourth-order valence-electron chi connectivity index (χ4n) is 3.15.